The van der Waals surface area contributed by atoms with E-state index in [1.54, 1.807) is 12.4 Å². The predicted molar refractivity (Wildman–Crippen MR) is 64.1 cm³/mol. The van der Waals surface area contributed by atoms with Crippen LogP contribution in [0, 0.1) is 0 Å². The number of nitrogens with two attached hydrogens (primary N) is 1. The smallest absolute Gasteiger partial charge is 0.326 e. The lowest BCUT2D eigenvalue weighted by molar-refractivity contribution is -0.140. The predicted octanol–water partition coefficient (Wildman–Crippen LogP) is -1.42. The lowest BCUT2D eigenvalue weighted by atomic mass is 10.2. The topological polar surface area (TPSA) is 150 Å². The Morgan fingerprint density at radius 2 is 2.21 bits per heavy atom. The number of rotatable bonds is 7. The minimum atomic E-state index is -1.33. The maximum atomic E-state index is 11.4. The Hall–Kier alpha value is -2.58. The van der Waals surface area contributed by atoms with Gasteiger partial charge in [0.15, 0.2) is 0 Å². The van der Waals surface area contributed by atoms with Crippen LogP contribution < -0.4 is 16.4 Å². The molecule has 1 aromatic rings. The average Bonchev–Trinajstić information content (AvgIpc) is 2.80. The summed E-state index contributed by atoms with van der Waals surface area (Å²) in [4.78, 5) is 39.6. The Labute approximate surface area is 108 Å². The number of aliphatic carboxylic acids is 1. The van der Waals surface area contributed by atoms with Crippen LogP contribution in [0.1, 0.15) is 12.2 Å². The molecule has 0 fully saturated rings. The van der Waals surface area contributed by atoms with Gasteiger partial charge in [0.25, 0.3) is 0 Å². The molecule has 6 N–H and O–H groups in total. The van der Waals surface area contributed by atoms with Crippen LogP contribution in [0.15, 0.2) is 12.4 Å². The van der Waals surface area contributed by atoms with Gasteiger partial charge in [-0.15, -0.1) is 0 Å². The number of aromatic nitrogens is 2. The zero-order valence-electron chi connectivity index (χ0n) is 10.0. The van der Waals surface area contributed by atoms with E-state index in [-0.39, 0.29) is 6.54 Å². The third-order valence-corrected chi connectivity index (χ3v) is 2.21. The molecule has 104 valence electrons. The molecule has 0 spiro atoms. The van der Waals surface area contributed by atoms with Gasteiger partial charge in [-0.3, -0.25) is 4.79 Å². The maximum Gasteiger partial charge on any atom is 0.326 e. The van der Waals surface area contributed by atoms with Gasteiger partial charge < -0.3 is 26.5 Å². The fraction of sp³-hybridized carbons (Fsp3) is 0.400. The standard InChI is InChI=1S/C10H15N5O4/c11-7(16)5-6(9(17)18)15-10(19)14-2-1-8-12-3-4-13-8/h3-4,6H,1-2,5H2,(H2,11,16)(H,12,13)(H,17,18)(H2,14,15,19). The van der Waals surface area contributed by atoms with Crippen molar-refractivity contribution in [2.75, 3.05) is 6.54 Å². The van der Waals surface area contributed by atoms with Crippen LogP contribution >= 0.6 is 0 Å². The number of urea groups is 1. The fourth-order valence-corrected chi connectivity index (χ4v) is 1.34. The van der Waals surface area contributed by atoms with Gasteiger partial charge in [0.1, 0.15) is 11.9 Å². The molecule has 1 unspecified atom stereocenters. The van der Waals surface area contributed by atoms with E-state index < -0.39 is 30.4 Å². The van der Waals surface area contributed by atoms with Crippen LogP contribution in [0.4, 0.5) is 4.79 Å². The monoisotopic (exact) mass is 269 g/mol. The van der Waals surface area contributed by atoms with E-state index >= 15 is 0 Å². The fourth-order valence-electron chi connectivity index (χ4n) is 1.34. The quantitative estimate of drug-likeness (QED) is 0.411. The number of nitrogens with one attached hydrogen (secondary N) is 3. The molecule has 0 radical (unpaired) electrons. The van der Waals surface area contributed by atoms with Crippen molar-refractivity contribution >= 4 is 17.9 Å². The second-order valence-electron chi connectivity index (χ2n) is 3.75. The van der Waals surface area contributed by atoms with Gasteiger partial charge in [0.05, 0.1) is 6.42 Å². The molecule has 9 heteroatoms. The Kier molecular flexibility index (Phi) is 5.33. The third kappa shape index (κ3) is 5.52. The largest absolute Gasteiger partial charge is 0.480 e. The van der Waals surface area contributed by atoms with Gasteiger partial charge in [-0.25, -0.2) is 14.6 Å². The average molecular weight is 269 g/mol. The lowest BCUT2D eigenvalue weighted by Crippen LogP contribution is -2.48. The van der Waals surface area contributed by atoms with Crippen molar-refractivity contribution in [2.45, 2.75) is 18.9 Å². The number of hydrogen-bond acceptors (Lipinski definition) is 4. The van der Waals surface area contributed by atoms with Crippen molar-refractivity contribution < 1.29 is 19.5 Å². The molecule has 0 aliphatic rings. The maximum absolute atomic E-state index is 11.4. The van der Waals surface area contributed by atoms with E-state index in [1.807, 2.05) is 0 Å². The van der Waals surface area contributed by atoms with E-state index in [0.29, 0.717) is 12.2 Å². The molecular weight excluding hydrogens is 254 g/mol. The summed E-state index contributed by atoms with van der Waals surface area (Å²) in [6.45, 7) is 0.280. The molecule has 3 amide bonds. The number of amides is 3. The molecule has 0 aliphatic heterocycles. The molecule has 9 nitrogen and oxygen atoms in total. The zero-order chi connectivity index (χ0) is 14.3. The van der Waals surface area contributed by atoms with E-state index in [0.717, 1.165) is 0 Å². The SMILES string of the molecule is NC(=O)CC(NC(=O)NCCc1ncc[nH]1)C(=O)O. The second kappa shape index (κ2) is 6.99. The highest BCUT2D eigenvalue weighted by molar-refractivity contribution is 5.87. The molecule has 0 aliphatic carbocycles. The molecule has 0 saturated carbocycles. The highest BCUT2D eigenvalue weighted by Gasteiger charge is 2.21. The number of imidazole rings is 1. The molecule has 0 aromatic carbocycles. The Balaban J connectivity index is 2.32. The van der Waals surface area contributed by atoms with Gasteiger partial charge in [-0.2, -0.15) is 0 Å². The van der Waals surface area contributed by atoms with Gasteiger partial charge in [-0.05, 0) is 0 Å². The summed E-state index contributed by atoms with van der Waals surface area (Å²) >= 11 is 0. The van der Waals surface area contributed by atoms with E-state index in [4.69, 9.17) is 10.8 Å². The van der Waals surface area contributed by atoms with Gasteiger partial charge in [-0.1, -0.05) is 0 Å². The number of carboxylic acid groups (broad SMARTS) is 1. The normalized spacial score (nSPS) is 11.6. The third-order valence-electron chi connectivity index (χ3n) is 2.21. The van der Waals surface area contributed by atoms with Crippen molar-refractivity contribution in [3.63, 3.8) is 0 Å². The molecule has 1 heterocycles. The number of carboxylic acids is 1. The van der Waals surface area contributed by atoms with Crippen LogP contribution in [-0.2, 0) is 16.0 Å². The number of carbonyl (C=O) groups is 3. The van der Waals surface area contributed by atoms with E-state index in [9.17, 15) is 14.4 Å². The summed E-state index contributed by atoms with van der Waals surface area (Å²) in [6, 6.07) is -2.01. The summed E-state index contributed by atoms with van der Waals surface area (Å²) in [7, 11) is 0. The van der Waals surface area contributed by atoms with E-state index in [2.05, 4.69) is 20.6 Å². The number of hydrogen-bond donors (Lipinski definition) is 5. The minimum Gasteiger partial charge on any atom is -0.480 e. The number of nitrogens with zero attached hydrogens (tertiary/aromatic N) is 1. The van der Waals surface area contributed by atoms with Gasteiger partial charge in [0, 0.05) is 25.4 Å². The first kappa shape index (κ1) is 14.5. The van der Waals surface area contributed by atoms with Crippen LogP contribution in [0.2, 0.25) is 0 Å². The summed E-state index contributed by atoms with van der Waals surface area (Å²) in [6.07, 6.45) is 3.26. The molecule has 1 atom stereocenters. The van der Waals surface area contributed by atoms with Crippen molar-refractivity contribution in [3.8, 4) is 0 Å². The van der Waals surface area contributed by atoms with Crippen LogP contribution in [0.5, 0.6) is 0 Å². The molecular formula is C10H15N5O4. The Bertz CT molecular complexity index is 445. The highest BCUT2D eigenvalue weighted by Crippen LogP contribution is 1.92. The molecule has 19 heavy (non-hydrogen) atoms. The van der Waals surface area contributed by atoms with Crippen molar-refractivity contribution in [1.82, 2.24) is 20.6 Å². The second-order valence-corrected chi connectivity index (χ2v) is 3.75. The van der Waals surface area contributed by atoms with Gasteiger partial charge >= 0.3 is 12.0 Å². The number of aromatic amines is 1. The van der Waals surface area contributed by atoms with Crippen molar-refractivity contribution in [2.24, 2.45) is 5.73 Å². The van der Waals surface area contributed by atoms with Crippen LogP contribution in [0.3, 0.4) is 0 Å². The van der Waals surface area contributed by atoms with Crippen molar-refractivity contribution in [3.05, 3.63) is 18.2 Å². The summed E-state index contributed by atoms with van der Waals surface area (Å²) in [5.41, 5.74) is 4.88. The summed E-state index contributed by atoms with van der Waals surface area (Å²) < 4.78 is 0. The highest BCUT2D eigenvalue weighted by atomic mass is 16.4. The number of primary amides is 1. The summed E-state index contributed by atoms with van der Waals surface area (Å²) in [5.74, 6) is -1.42. The number of carbonyl (C=O) groups excluding carboxylic acids is 2. The first-order valence-electron chi connectivity index (χ1n) is 5.52. The molecule has 0 bridgehead atoms. The summed E-state index contributed by atoms with van der Waals surface area (Å²) in [5, 5.41) is 13.4. The first-order valence-corrected chi connectivity index (χ1v) is 5.52. The Morgan fingerprint density at radius 1 is 1.47 bits per heavy atom. The van der Waals surface area contributed by atoms with Gasteiger partial charge in [0.2, 0.25) is 5.91 Å². The molecule has 1 rings (SSSR count). The van der Waals surface area contributed by atoms with Crippen LogP contribution in [0.25, 0.3) is 0 Å². The molecule has 0 saturated heterocycles. The molecule has 1 aromatic heterocycles. The zero-order valence-corrected chi connectivity index (χ0v) is 10.0. The Morgan fingerprint density at radius 3 is 2.74 bits per heavy atom. The number of H-pyrrole nitrogens is 1. The lowest BCUT2D eigenvalue weighted by Gasteiger charge is -2.13. The first-order chi connectivity index (χ1) is 8.99. The van der Waals surface area contributed by atoms with Crippen LogP contribution in [-0.4, -0.2) is 45.6 Å². The minimum absolute atomic E-state index is 0.280. The van der Waals surface area contributed by atoms with E-state index in [1.165, 1.54) is 0 Å². The van der Waals surface area contributed by atoms with Crippen molar-refractivity contribution in [1.29, 1.82) is 0 Å².